The summed E-state index contributed by atoms with van der Waals surface area (Å²) in [6.45, 7) is 8.34. The van der Waals surface area contributed by atoms with E-state index in [-0.39, 0.29) is 0 Å². The Hall–Kier alpha value is -1.38. The van der Waals surface area contributed by atoms with E-state index in [4.69, 9.17) is 14.2 Å². The van der Waals surface area contributed by atoms with Crippen LogP contribution in [-0.4, -0.2) is 21.3 Å². The van der Waals surface area contributed by atoms with Gasteiger partial charge >= 0.3 is 0 Å². The lowest BCUT2D eigenvalue weighted by molar-refractivity contribution is 0.323. The van der Waals surface area contributed by atoms with Crippen LogP contribution in [0, 0.1) is 0 Å². The zero-order chi connectivity index (χ0) is 14.1. The van der Waals surface area contributed by atoms with E-state index in [1.165, 1.54) is 5.56 Å². The van der Waals surface area contributed by atoms with Gasteiger partial charge in [-0.1, -0.05) is 27.7 Å². The fraction of sp³-hybridized carbons (Fsp3) is 0.600. The fourth-order valence-electron chi connectivity index (χ4n) is 1.62. The van der Waals surface area contributed by atoms with Crippen LogP contribution in [0.5, 0.6) is 17.2 Å². The Kier molecular flexibility index (Phi) is 8.01. The third-order valence-electron chi connectivity index (χ3n) is 2.87. The van der Waals surface area contributed by atoms with Gasteiger partial charge in [-0.2, -0.15) is 0 Å². The van der Waals surface area contributed by atoms with Gasteiger partial charge in [0.1, 0.15) is 0 Å². The van der Waals surface area contributed by atoms with E-state index in [9.17, 15) is 0 Å². The molecule has 18 heavy (non-hydrogen) atoms. The molecule has 0 saturated carbocycles. The van der Waals surface area contributed by atoms with Crippen molar-refractivity contribution in [2.24, 2.45) is 0 Å². The first-order valence-corrected chi connectivity index (χ1v) is 6.47. The van der Waals surface area contributed by atoms with Crippen molar-refractivity contribution in [1.29, 1.82) is 0 Å². The molecule has 1 aromatic rings. The standard InChI is InChI=1S/C13H20O3.C2H6/c1-6-9(2)10-7-11(14-3)13(16-5)12(8-10)15-4;1-2/h7-9H,6H2,1-5H3;1-2H3. The molecular weight excluding hydrogens is 228 g/mol. The first kappa shape index (κ1) is 16.6. The first-order valence-electron chi connectivity index (χ1n) is 6.47. The second-order valence-corrected chi connectivity index (χ2v) is 3.77. The summed E-state index contributed by atoms with van der Waals surface area (Å²) in [6, 6.07) is 4.02. The van der Waals surface area contributed by atoms with Gasteiger partial charge in [-0.3, -0.25) is 0 Å². The number of rotatable bonds is 5. The number of hydrogen-bond acceptors (Lipinski definition) is 3. The predicted molar refractivity (Wildman–Crippen MR) is 76.2 cm³/mol. The van der Waals surface area contributed by atoms with Crippen LogP contribution in [0.15, 0.2) is 12.1 Å². The zero-order valence-electron chi connectivity index (χ0n) is 12.7. The Morgan fingerprint density at radius 3 is 1.67 bits per heavy atom. The molecule has 1 rings (SSSR count). The van der Waals surface area contributed by atoms with Gasteiger partial charge in [0, 0.05) is 0 Å². The van der Waals surface area contributed by atoms with E-state index in [2.05, 4.69) is 13.8 Å². The van der Waals surface area contributed by atoms with Gasteiger partial charge in [-0.15, -0.1) is 0 Å². The van der Waals surface area contributed by atoms with Gasteiger partial charge in [-0.05, 0) is 30.0 Å². The summed E-state index contributed by atoms with van der Waals surface area (Å²) < 4.78 is 15.9. The molecule has 0 N–H and O–H groups in total. The molecule has 3 heteroatoms. The molecule has 0 aliphatic heterocycles. The maximum Gasteiger partial charge on any atom is 0.203 e. The van der Waals surface area contributed by atoms with Crippen molar-refractivity contribution in [3.63, 3.8) is 0 Å². The Bertz CT molecular complexity index is 323. The molecule has 0 bridgehead atoms. The summed E-state index contributed by atoms with van der Waals surface area (Å²) in [4.78, 5) is 0. The minimum Gasteiger partial charge on any atom is -0.493 e. The summed E-state index contributed by atoms with van der Waals surface area (Å²) in [5.41, 5.74) is 1.21. The monoisotopic (exact) mass is 254 g/mol. The maximum atomic E-state index is 5.31. The summed E-state index contributed by atoms with van der Waals surface area (Å²) >= 11 is 0. The lowest BCUT2D eigenvalue weighted by Gasteiger charge is -2.16. The van der Waals surface area contributed by atoms with E-state index in [0.717, 1.165) is 17.9 Å². The van der Waals surface area contributed by atoms with Gasteiger partial charge < -0.3 is 14.2 Å². The van der Waals surface area contributed by atoms with E-state index >= 15 is 0 Å². The molecule has 0 aliphatic carbocycles. The SMILES string of the molecule is CC.CCC(C)c1cc(OC)c(OC)c(OC)c1. The molecule has 1 atom stereocenters. The molecule has 0 spiro atoms. The van der Waals surface area contributed by atoms with Crippen molar-refractivity contribution in [3.05, 3.63) is 17.7 Å². The predicted octanol–water partition coefficient (Wildman–Crippen LogP) is 4.25. The average molecular weight is 254 g/mol. The zero-order valence-corrected chi connectivity index (χ0v) is 12.7. The fourth-order valence-corrected chi connectivity index (χ4v) is 1.62. The van der Waals surface area contributed by atoms with Crippen LogP contribution in [0.3, 0.4) is 0 Å². The lowest BCUT2D eigenvalue weighted by atomic mass is 9.98. The highest BCUT2D eigenvalue weighted by Gasteiger charge is 2.15. The molecule has 0 amide bonds. The molecule has 3 nitrogen and oxygen atoms in total. The summed E-state index contributed by atoms with van der Waals surface area (Å²) in [7, 11) is 4.89. The molecule has 0 radical (unpaired) electrons. The van der Waals surface area contributed by atoms with Gasteiger partial charge in [0.15, 0.2) is 11.5 Å². The highest BCUT2D eigenvalue weighted by molar-refractivity contribution is 5.54. The van der Waals surface area contributed by atoms with Gasteiger partial charge in [0.2, 0.25) is 5.75 Å². The molecule has 1 unspecified atom stereocenters. The second kappa shape index (κ2) is 8.67. The molecule has 0 fully saturated rings. The Labute approximate surface area is 111 Å². The van der Waals surface area contributed by atoms with E-state index in [0.29, 0.717) is 11.7 Å². The minimum atomic E-state index is 0.480. The lowest BCUT2D eigenvalue weighted by Crippen LogP contribution is -1.99. The maximum absolute atomic E-state index is 5.31. The smallest absolute Gasteiger partial charge is 0.203 e. The molecular formula is C15H26O3. The quantitative estimate of drug-likeness (QED) is 0.786. The van der Waals surface area contributed by atoms with Crippen molar-refractivity contribution >= 4 is 0 Å². The molecule has 0 aromatic heterocycles. The number of ether oxygens (including phenoxy) is 3. The summed E-state index contributed by atoms with van der Waals surface area (Å²) in [5, 5.41) is 0. The van der Waals surface area contributed by atoms with Crippen molar-refractivity contribution in [2.75, 3.05) is 21.3 Å². The van der Waals surface area contributed by atoms with E-state index < -0.39 is 0 Å². The van der Waals surface area contributed by atoms with Crippen LogP contribution in [-0.2, 0) is 0 Å². The van der Waals surface area contributed by atoms with Gasteiger partial charge in [0.05, 0.1) is 21.3 Å². The first-order chi connectivity index (χ1) is 8.67. The van der Waals surface area contributed by atoms with E-state index in [1.54, 1.807) is 21.3 Å². The molecule has 104 valence electrons. The number of hydrogen-bond donors (Lipinski definition) is 0. The van der Waals surface area contributed by atoms with Crippen LogP contribution in [0.25, 0.3) is 0 Å². The van der Waals surface area contributed by atoms with Crippen LogP contribution in [0.4, 0.5) is 0 Å². The van der Waals surface area contributed by atoms with E-state index in [1.807, 2.05) is 26.0 Å². The third-order valence-corrected chi connectivity index (χ3v) is 2.87. The number of methoxy groups -OCH3 is 3. The average Bonchev–Trinajstić information content (AvgIpc) is 2.46. The minimum absolute atomic E-state index is 0.480. The molecule has 1 aromatic carbocycles. The molecule has 0 aliphatic rings. The van der Waals surface area contributed by atoms with Crippen molar-refractivity contribution in [3.8, 4) is 17.2 Å². The molecule has 0 saturated heterocycles. The number of benzene rings is 1. The van der Waals surface area contributed by atoms with Crippen molar-refractivity contribution in [1.82, 2.24) is 0 Å². The summed E-state index contributed by atoms with van der Waals surface area (Å²) in [5.74, 6) is 2.57. The largest absolute Gasteiger partial charge is 0.493 e. The Morgan fingerprint density at radius 1 is 0.944 bits per heavy atom. The third kappa shape index (κ3) is 3.83. The normalized spacial score (nSPS) is 11.1. The van der Waals surface area contributed by atoms with Crippen LogP contribution < -0.4 is 14.2 Å². The highest BCUT2D eigenvalue weighted by Crippen LogP contribution is 2.40. The van der Waals surface area contributed by atoms with Crippen molar-refractivity contribution in [2.45, 2.75) is 40.0 Å². The highest BCUT2D eigenvalue weighted by atomic mass is 16.5. The topological polar surface area (TPSA) is 27.7 Å². The summed E-state index contributed by atoms with van der Waals surface area (Å²) in [6.07, 6.45) is 1.08. The van der Waals surface area contributed by atoms with Gasteiger partial charge in [-0.25, -0.2) is 0 Å². The molecule has 0 heterocycles. The van der Waals surface area contributed by atoms with Crippen LogP contribution in [0.2, 0.25) is 0 Å². The van der Waals surface area contributed by atoms with Gasteiger partial charge in [0.25, 0.3) is 0 Å². The van der Waals surface area contributed by atoms with Crippen molar-refractivity contribution < 1.29 is 14.2 Å². The second-order valence-electron chi connectivity index (χ2n) is 3.77. The Morgan fingerprint density at radius 2 is 1.39 bits per heavy atom. The van der Waals surface area contributed by atoms with Crippen LogP contribution in [0.1, 0.15) is 45.6 Å². The Balaban J connectivity index is 0.00000137. The van der Waals surface area contributed by atoms with Crippen LogP contribution >= 0.6 is 0 Å².